The smallest absolute Gasteiger partial charge is 0.261 e. The number of hydrogen-bond donors (Lipinski definition) is 1. The van der Waals surface area contributed by atoms with Crippen molar-refractivity contribution in [1.82, 2.24) is 5.32 Å². The van der Waals surface area contributed by atoms with Gasteiger partial charge in [0.2, 0.25) is 5.91 Å². The molecule has 1 N–H and O–H groups in total. The number of anilines is 1. The third kappa shape index (κ3) is 2.32. The normalized spacial score (nSPS) is 13.4. The van der Waals surface area contributed by atoms with Gasteiger partial charge in [0.05, 0.1) is 11.3 Å². The first-order chi connectivity index (χ1) is 9.65. The minimum Gasteiger partial charge on any atom is -0.347 e. The number of carbonyl (C=O) groups excluding carboxylic acids is 2. The second-order valence-corrected chi connectivity index (χ2v) is 5.70. The molecule has 102 valence electrons. The first kappa shape index (κ1) is 12.9. The molecule has 0 radical (unpaired) electrons. The minimum atomic E-state index is -0.0614. The van der Waals surface area contributed by atoms with Crippen molar-refractivity contribution in [3.8, 4) is 0 Å². The lowest BCUT2D eigenvalue weighted by molar-refractivity contribution is -0.117. The van der Waals surface area contributed by atoms with E-state index in [1.165, 1.54) is 11.3 Å². The van der Waals surface area contributed by atoms with E-state index in [0.29, 0.717) is 17.8 Å². The highest BCUT2D eigenvalue weighted by molar-refractivity contribution is 7.12. The Labute approximate surface area is 121 Å². The molecule has 1 aliphatic rings. The minimum absolute atomic E-state index is 0.0614. The van der Waals surface area contributed by atoms with Crippen LogP contribution in [-0.2, 0) is 17.8 Å². The fourth-order valence-electron chi connectivity index (χ4n) is 2.31. The Morgan fingerprint density at radius 2 is 2.25 bits per heavy atom. The summed E-state index contributed by atoms with van der Waals surface area (Å²) in [5, 5.41) is 4.77. The topological polar surface area (TPSA) is 49.4 Å². The molecule has 0 saturated heterocycles. The van der Waals surface area contributed by atoms with Gasteiger partial charge in [0.1, 0.15) is 0 Å². The van der Waals surface area contributed by atoms with Crippen LogP contribution in [0.15, 0.2) is 35.7 Å². The maximum Gasteiger partial charge on any atom is 0.261 e. The largest absolute Gasteiger partial charge is 0.347 e. The lowest BCUT2D eigenvalue weighted by Gasteiger charge is -2.10. The standard InChI is InChI=1S/C15H14N2O2S/c1-17-12-5-4-10(7-11(12)8-14(17)18)9-16-15(19)13-3-2-6-20-13/h2-7H,8-9H2,1H3,(H,16,19). The molecule has 0 aliphatic carbocycles. The van der Waals surface area contributed by atoms with Crippen LogP contribution in [0.25, 0.3) is 0 Å². The molecule has 0 saturated carbocycles. The van der Waals surface area contributed by atoms with Crippen LogP contribution < -0.4 is 10.2 Å². The van der Waals surface area contributed by atoms with Crippen molar-refractivity contribution < 1.29 is 9.59 Å². The van der Waals surface area contributed by atoms with E-state index in [4.69, 9.17) is 0 Å². The zero-order valence-corrected chi connectivity index (χ0v) is 11.9. The maximum absolute atomic E-state index is 11.9. The zero-order valence-electron chi connectivity index (χ0n) is 11.1. The number of hydrogen-bond acceptors (Lipinski definition) is 3. The first-order valence-corrected chi connectivity index (χ1v) is 7.23. The molecule has 5 heteroatoms. The van der Waals surface area contributed by atoms with E-state index in [9.17, 15) is 9.59 Å². The van der Waals surface area contributed by atoms with E-state index in [2.05, 4.69) is 5.32 Å². The van der Waals surface area contributed by atoms with Crippen LogP contribution in [-0.4, -0.2) is 18.9 Å². The van der Waals surface area contributed by atoms with Gasteiger partial charge in [0.25, 0.3) is 5.91 Å². The van der Waals surface area contributed by atoms with Gasteiger partial charge < -0.3 is 10.2 Å². The van der Waals surface area contributed by atoms with Crippen LogP contribution in [0.2, 0.25) is 0 Å². The fourth-order valence-corrected chi connectivity index (χ4v) is 2.95. The summed E-state index contributed by atoms with van der Waals surface area (Å²) in [4.78, 5) is 25.9. The Hall–Kier alpha value is -2.14. The molecule has 1 aromatic carbocycles. The van der Waals surface area contributed by atoms with Crippen molar-refractivity contribution in [2.24, 2.45) is 0 Å². The Kier molecular flexibility index (Phi) is 3.28. The lowest BCUT2D eigenvalue weighted by atomic mass is 10.1. The van der Waals surface area contributed by atoms with Crippen LogP contribution in [0.1, 0.15) is 20.8 Å². The number of benzene rings is 1. The van der Waals surface area contributed by atoms with Crippen LogP contribution in [0.3, 0.4) is 0 Å². The summed E-state index contributed by atoms with van der Waals surface area (Å²) >= 11 is 1.42. The second-order valence-electron chi connectivity index (χ2n) is 4.75. The number of carbonyl (C=O) groups is 2. The summed E-state index contributed by atoms with van der Waals surface area (Å²) in [5.41, 5.74) is 3.00. The van der Waals surface area contributed by atoms with Crippen molar-refractivity contribution in [2.75, 3.05) is 11.9 Å². The molecule has 1 aromatic heterocycles. The Balaban J connectivity index is 1.69. The number of likely N-dealkylation sites (N-methyl/N-ethyl adjacent to an activating group) is 1. The van der Waals surface area contributed by atoms with Gasteiger partial charge in [-0.2, -0.15) is 0 Å². The Morgan fingerprint density at radius 1 is 1.40 bits per heavy atom. The number of fused-ring (bicyclic) bond motifs is 1. The molecule has 2 amide bonds. The van der Waals surface area contributed by atoms with Crippen LogP contribution in [0.5, 0.6) is 0 Å². The number of rotatable bonds is 3. The van der Waals surface area contributed by atoms with E-state index in [0.717, 1.165) is 16.8 Å². The van der Waals surface area contributed by atoms with Crippen molar-refractivity contribution in [3.63, 3.8) is 0 Å². The molecule has 0 bridgehead atoms. The summed E-state index contributed by atoms with van der Waals surface area (Å²) in [6.45, 7) is 0.474. The van der Waals surface area contributed by atoms with Gasteiger partial charge >= 0.3 is 0 Å². The van der Waals surface area contributed by atoms with Gasteiger partial charge in [-0.1, -0.05) is 18.2 Å². The van der Waals surface area contributed by atoms with Crippen molar-refractivity contribution >= 4 is 28.8 Å². The summed E-state index contributed by atoms with van der Waals surface area (Å²) in [7, 11) is 1.78. The van der Waals surface area contributed by atoms with Crippen molar-refractivity contribution in [3.05, 3.63) is 51.7 Å². The second kappa shape index (κ2) is 5.09. The highest BCUT2D eigenvalue weighted by atomic mass is 32.1. The Bertz CT molecular complexity index is 665. The van der Waals surface area contributed by atoms with Crippen LogP contribution in [0.4, 0.5) is 5.69 Å². The molecular weight excluding hydrogens is 272 g/mol. The van der Waals surface area contributed by atoms with Gasteiger partial charge in [0, 0.05) is 19.3 Å². The predicted octanol–water partition coefficient (Wildman–Crippen LogP) is 2.20. The molecule has 1 aliphatic heterocycles. The first-order valence-electron chi connectivity index (χ1n) is 6.35. The third-order valence-corrected chi connectivity index (χ3v) is 4.29. The number of nitrogens with zero attached hydrogens (tertiary/aromatic N) is 1. The SMILES string of the molecule is CN1C(=O)Cc2cc(CNC(=O)c3cccs3)ccc21. The van der Waals surface area contributed by atoms with Gasteiger partial charge in [-0.3, -0.25) is 9.59 Å². The molecule has 3 rings (SSSR count). The average Bonchev–Trinajstić information content (AvgIpc) is 3.06. The van der Waals surface area contributed by atoms with E-state index >= 15 is 0 Å². The number of nitrogens with one attached hydrogen (secondary N) is 1. The lowest BCUT2D eigenvalue weighted by Crippen LogP contribution is -2.21. The summed E-state index contributed by atoms with van der Waals surface area (Å²) in [6.07, 6.45) is 0.443. The molecule has 4 nitrogen and oxygen atoms in total. The van der Waals surface area contributed by atoms with Crippen molar-refractivity contribution in [2.45, 2.75) is 13.0 Å². The summed E-state index contributed by atoms with van der Waals surface area (Å²) < 4.78 is 0. The molecule has 2 aromatic rings. The molecule has 0 atom stereocenters. The van der Waals surface area contributed by atoms with Gasteiger partial charge in [-0.25, -0.2) is 0 Å². The maximum atomic E-state index is 11.9. The summed E-state index contributed by atoms with van der Waals surface area (Å²) in [6, 6.07) is 9.54. The van der Waals surface area contributed by atoms with Crippen LogP contribution >= 0.6 is 11.3 Å². The van der Waals surface area contributed by atoms with E-state index in [1.807, 2.05) is 29.6 Å². The molecule has 0 spiro atoms. The summed E-state index contributed by atoms with van der Waals surface area (Å²) in [5.74, 6) is 0.0495. The molecular formula is C15H14N2O2S. The zero-order chi connectivity index (χ0) is 14.1. The monoisotopic (exact) mass is 286 g/mol. The predicted molar refractivity (Wildman–Crippen MR) is 79.0 cm³/mol. The number of thiophene rings is 1. The van der Waals surface area contributed by atoms with Gasteiger partial charge in [0.15, 0.2) is 0 Å². The molecule has 0 unspecified atom stereocenters. The molecule has 20 heavy (non-hydrogen) atoms. The van der Waals surface area contributed by atoms with Gasteiger partial charge in [-0.15, -0.1) is 11.3 Å². The van der Waals surface area contributed by atoms with E-state index in [-0.39, 0.29) is 11.8 Å². The van der Waals surface area contributed by atoms with Crippen molar-refractivity contribution in [1.29, 1.82) is 0 Å². The van der Waals surface area contributed by atoms with E-state index in [1.54, 1.807) is 18.0 Å². The fraction of sp³-hybridized carbons (Fsp3) is 0.200. The Morgan fingerprint density at radius 3 is 3.00 bits per heavy atom. The quantitative estimate of drug-likeness (QED) is 0.940. The highest BCUT2D eigenvalue weighted by Crippen LogP contribution is 2.28. The van der Waals surface area contributed by atoms with Gasteiger partial charge in [-0.05, 0) is 28.6 Å². The number of amides is 2. The van der Waals surface area contributed by atoms with Crippen LogP contribution in [0, 0.1) is 0 Å². The average molecular weight is 286 g/mol. The molecule has 0 fully saturated rings. The molecule has 2 heterocycles. The highest BCUT2D eigenvalue weighted by Gasteiger charge is 2.23. The third-order valence-electron chi connectivity index (χ3n) is 3.42. The van der Waals surface area contributed by atoms with E-state index < -0.39 is 0 Å².